The highest BCUT2D eigenvalue weighted by Gasteiger charge is 2.15. The number of fused-ring (bicyclic) bond motifs is 1. The van der Waals surface area contributed by atoms with E-state index in [0.29, 0.717) is 18.7 Å². The van der Waals surface area contributed by atoms with Crippen molar-refractivity contribution in [2.24, 2.45) is 0 Å². The Balaban J connectivity index is 1.74. The number of H-pyrrole nitrogens is 1. The summed E-state index contributed by atoms with van der Waals surface area (Å²) in [4.78, 5) is 24.6. The Morgan fingerprint density at radius 2 is 2.04 bits per heavy atom. The number of anilines is 1. The number of carboxylic acids is 1. The molecule has 24 heavy (non-hydrogen) atoms. The molecule has 0 aliphatic rings. The fraction of sp³-hybridized carbons (Fsp3) is 0.118. The number of non-ortho nitro benzene ring substituents is 1. The van der Waals surface area contributed by atoms with Crippen LogP contribution in [0.4, 0.5) is 11.4 Å². The normalized spacial score (nSPS) is 10.7. The lowest BCUT2D eigenvalue weighted by molar-refractivity contribution is -0.384. The zero-order chi connectivity index (χ0) is 17.1. The highest BCUT2D eigenvalue weighted by atomic mass is 16.6. The number of nitrogens with one attached hydrogen (secondary N) is 2. The summed E-state index contributed by atoms with van der Waals surface area (Å²) in [5.41, 5.74) is 2.19. The Morgan fingerprint density at radius 1 is 1.25 bits per heavy atom. The van der Waals surface area contributed by atoms with Gasteiger partial charge in [-0.25, -0.2) is 4.79 Å². The number of aromatic amines is 1. The molecule has 0 saturated carbocycles. The molecule has 2 aromatic carbocycles. The van der Waals surface area contributed by atoms with Gasteiger partial charge in [-0.1, -0.05) is 18.2 Å². The molecule has 0 radical (unpaired) electrons. The van der Waals surface area contributed by atoms with E-state index in [-0.39, 0.29) is 11.3 Å². The summed E-state index contributed by atoms with van der Waals surface area (Å²) in [6.07, 6.45) is 2.63. The second-order valence-electron chi connectivity index (χ2n) is 5.33. The Kier molecular flexibility index (Phi) is 4.15. The fourth-order valence-electron chi connectivity index (χ4n) is 2.65. The minimum Gasteiger partial charge on any atom is -0.478 e. The van der Waals surface area contributed by atoms with E-state index in [1.54, 1.807) is 0 Å². The van der Waals surface area contributed by atoms with E-state index in [0.717, 1.165) is 22.5 Å². The number of nitrogens with zero attached hydrogens (tertiary/aromatic N) is 1. The molecule has 0 unspecified atom stereocenters. The summed E-state index contributed by atoms with van der Waals surface area (Å²) in [5, 5.41) is 24.2. The van der Waals surface area contributed by atoms with Gasteiger partial charge in [-0.15, -0.1) is 0 Å². The summed E-state index contributed by atoms with van der Waals surface area (Å²) < 4.78 is 0. The van der Waals surface area contributed by atoms with Gasteiger partial charge in [0.25, 0.3) is 5.69 Å². The first-order chi connectivity index (χ1) is 11.6. The molecular weight excluding hydrogens is 310 g/mol. The molecule has 7 heteroatoms. The molecule has 0 atom stereocenters. The maximum Gasteiger partial charge on any atom is 0.338 e. The number of carboxylic acid groups (broad SMARTS) is 1. The lowest BCUT2D eigenvalue weighted by atomic mass is 10.1. The molecular formula is C17H15N3O4. The van der Waals surface area contributed by atoms with Crippen LogP contribution in [0.15, 0.2) is 48.7 Å². The number of hydrogen-bond donors (Lipinski definition) is 3. The molecule has 0 aliphatic carbocycles. The molecule has 0 fully saturated rings. The van der Waals surface area contributed by atoms with E-state index in [1.807, 2.05) is 30.5 Å². The van der Waals surface area contributed by atoms with Crippen LogP contribution in [0.1, 0.15) is 15.9 Å². The molecule has 122 valence electrons. The van der Waals surface area contributed by atoms with E-state index < -0.39 is 10.9 Å². The van der Waals surface area contributed by atoms with Crippen LogP contribution in [-0.2, 0) is 6.42 Å². The third-order valence-corrected chi connectivity index (χ3v) is 3.83. The van der Waals surface area contributed by atoms with Crippen molar-refractivity contribution >= 4 is 28.2 Å². The number of hydrogen-bond acceptors (Lipinski definition) is 4. The first-order valence-corrected chi connectivity index (χ1v) is 7.37. The number of carbonyl (C=O) groups is 1. The van der Waals surface area contributed by atoms with Crippen molar-refractivity contribution < 1.29 is 14.8 Å². The largest absolute Gasteiger partial charge is 0.478 e. The third-order valence-electron chi connectivity index (χ3n) is 3.83. The fourth-order valence-corrected chi connectivity index (χ4v) is 2.65. The average Bonchev–Trinajstić information content (AvgIpc) is 2.98. The predicted octanol–water partition coefficient (Wildman–Crippen LogP) is 3.43. The van der Waals surface area contributed by atoms with E-state index in [9.17, 15) is 20.0 Å². The van der Waals surface area contributed by atoms with Gasteiger partial charge in [0.1, 0.15) is 0 Å². The maximum atomic E-state index is 11.3. The molecule has 1 aromatic heterocycles. The molecule has 3 aromatic rings. The Labute approximate surface area is 137 Å². The number of rotatable bonds is 6. The number of nitro benzene ring substituents is 1. The van der Waals surface area contributed by atoms with Crippen LogP contribution in [0.3, 0.4) is 0 Å². The Hall–Kier alpha value is -3.35. The minimum atomic E-state index is -1.20. The van der Waals surface area contributed by atoms with Crippen molar-refractivity contribution in [2.75, 3.05) is 11.9 Å². The van der Waals surface area contributed by atoms with Crippen molar-refractivity contribution in [3.05, 3.63) is 69.9 Å². The quantitative estimate of drug-likeness (QED) is 0.475. The van der Waals surface area contributed by atoms with E-state index in [2.05, 4.69) is 10.3 Å². The minimum absolute atomic E-state index is 0.108. The topological polar surface area (TPSA) is 108 Å². The summed E-state index contributed by atoms with van der Waals surface area (Å²) >= 11 is 0. The molecule has 0 amide bonds. The van der Waals surface area contributed by atoms with Crippen LogP contribution in [0.5, 0.6) is 0 Å². The average molecular weight is 325 g/mol. The molecule has 0 spiro atoms. The van der Waals surface area contributed by atoms with Gasteiger partial charge in [-0.2, -0.15) is 0 Å². The predicted molar refractivity (Wildman–Crippen MR) is 90.5 cm³/mol. The van der Waals surface area contributed by atoms with Crippen molar-refractivity contribution in [1.29, 1.82) is 0 Å². The first kappa shape index (κ1) is 15.5. The van der Waals surface area contributed by atoms with Gasteiger partial charge in [-0.05, 0) is 24.1 Å². The van der Waals surface area contributed by atoms with Gasteiger partial charge in [0.2, 0.25) is 0 Å². The summed E-state index contributed by atoms with van der Waals surface area (Å²) in [6.45, 7) is 0.514. The summed E-state index contributed by atoms with van der Waals surface area (Å²) in [6, 6.07) is 11.7. The van der Waals surface area contributed by atoms with Crippen LogP contribution >= 0.6 is 0 Å². The standard InChI is InChI=1S/C17H15N3O4/c21-17(22)14-9-12(20(23)24)5-6-16(14)18-8-7-11-10-19-15-4-2-1-3-13(11)15/h1-6,9-10,18-19H,7-8H2,(H,21,22). The van der Waals surface area contributed by atoms with Crippen molar-refractivity contribution in [3.8, 4) is 0 Å². The highest BCUT2D eigenvalue weighted by molar-refractivity contribution is 5.95. The van der Waals surface area contributed by atoms with Gasteiger partial charge in [0.15, 0.2) is 0 Å². The summed E-state index contributed by atoms with van der Waals surface area (Å²) in [5.74, 6) is -1.20. The smallest absolute Gasteiger partial charge is 0.338 e. The highest BCUT2D eigenvalue weighted by Crippen LogP contribution is 2.23. The number of benzene rings is 2. The number of para-hydroxylation sites is 1. The number of nitro groups is 1. The Bertz CT molecular complexity index is 917. The summed E-state index contributed by atoms with van der Waals surface area (Å²) in [7, 11) is 0. The molecule has 0 saturated heterocycles. The van der Waals surface area contributed by atoms with E-state index in [1.165, 1.54) is 12.1 Å². The van der Waals surface area contributed by atoms with Crippen molar-refractivity contribution in [3.63, 3.8) is 0 Å². The zero-order valence-electron chi connectivity index (χ0n) is 12.7. The van der Waals surface area contributed by atoms with Gasteiger partial charge >= 0.3 is 5.97 Å². The SMILES string of the molecule is O=C(O)c1cc([N+](=O)[O-])ccc1NCCc1c[nH]c2ccccc12. The van der Waals surface area contributed by atoms with Gasteiger partial charge in [-0.3, -0.25) is 10.1 Å². The van der Waals surface area contributed by atoms with Crippen LogP contribution < -0.4 is 5.32 Å². The second-order valence-corrected chi connectivity index (χ2v) is 5.33. The number of aromatic carboxylic acids is 1. The lowest BCUT2D eigenvalue weighted by Crippen LogP contribution is -2.10. The molecule has 0 bridgehead atoms. The van der Waals surface area contributed by atoms with Gasteiger partial charge < -0.3 is 15.4 Å². The third kappa shape index (κ3) is 3.05. The van der Waals surface area contributed by atoms with Gasteiger partial charge in [0.05, 0.1) is 10.5 Å². The molecule has 3 rings (SSSR count). The molecule has 7 nitrogen and oxygen atoms in total. The monoisotopic (exact) mass is 325 g/mol. The first-order valence-electron chi connectivity index (χ1n) is 7.37. The van der Waals surface area contributed by atoms with Crippen LogP contribution in [-0.4, -0.2) is 27.5 Å². The van der Waals surface area contributed by atoms with Crippen LogP contribution in [0.25, 0.3) is 10.9 Å². The lowest BCUT2D eigenvalue weighted by Gasteiger charge is -2.09. The Morgan fingerprint density at radius 3 is 2.79 bits per heavy atom. The zero-order valence-corrected chi connectivity index (χ0v) is 12.7. The van der Waals surface area contributed by atoms with E-state index >= 15 is 0 Å². The molecule has 1 heterocycles. The molecule has 3 N–H and O–H groups in total. The maximum absolute atomic E-state index is 11.3. The second kappa shape index (κ2) is 6.41. The van der Waals surface area contributed by atoms with Crippen LogP contribution in [0.2, 0.25) is 0 Å². The number of aromatic nitrogens is 1. The van der Waals surface area contributed by atoms with Gasteiger partial charge in [0, 0.05) is 41.5 Å². The molecule has 0 aliphatic heterocycles. The van der Waals surface area contributed by atoms with E-state index in [4.69, 9.17) is 0 Å². The van der Waals surface area contributed by atoms with Crippen molar-refractivity contribution in [2.45, 2.75) is 6.42 Å². The van der Waals surface area contributed by atoms with Crippen molar-refractivity contribution in [1.82, 2.24) is 4.98 Å². The van der Waals surface area contributed by atoms with Crippen LogP contribution in [0, 0.1) is 10.1 Å².